The minimum absolute atomic E-state index is 0.0264. The molecule has 10 heteroatoms. The van der Waals surface area contributed by atoms with Crippen LogP contribution in [-0.4, -0.2) is 28.3 Å². The zero-order valence-electron chi connectivity index (χ0n) is 18.0. The van der Waals surface area contributed by atoms with E-state index in [2.05, 4.69) is 10.4 Å². The van der Waals surface area contributed by atoms with E-state index in [1.54, 1.807) is 30.5 Å². The van der Waals surface area contributed by atoms with Crippen molar-refractivity contribution < 1.29 is 19.1 Å². The fourth-order valence-electron chi connectivity index (χ4n) is 3.61. The Hall–Kier alpha value is -2.55. The second-order valence-corrected chi connectivity index (χ2v) is 9.49. The fraction of sp³-hybridized carbons (Fsp3) is 0.348. The van der Waals surface area contributed by atoms with Gasteiger partial charge in [0.15, 0.2) is 18.2 Å². The highest BCUT2D eigenvalue weighted by molar-refractivity contribution is 7.17. The van der Waals surface area contributed by atoms with Gasteiger partial charge in [0.05, 0.1) is 22.2 Å². The molecular formula is C23H23Cl2N3O4S. The van der Waals surface area contributed by atoms with Crippen LogP contribution in [-0.2, 0) is 24.3 Å². The molecule has 0 unspecified atom stereocenters. The number of nitrogens with zero attached hydrogens (tertiary/aromatic N) is 2. The molecule has 0 radical (unpaired) electrons. The third kappa shape index (κ3) is 5.34. The molecule has 0 spiro atoms. The van der Waals surface area contributed by atoms with Crippen LogP contribution in [0.15, 0.2) is 30.5 Å². The zero-order valence-corrected chi connectivity index (χ0v) is 20.4. The Morgan fingerprint density at radius 2 is 1.94 bits per heavy atom. The number of amides is 1. The lowest BCUT2D eigenvalue weighted by Gasteiger charge is -2.12. The molecule has 0 saturated carbocycles. The maximum atomic E-state index is 12.9. The molecule has 1 amide bonds. The van der Waals surface area contributed by atoms with Crippen molar-refractivity contribution in [1.82, 2.24) is 9.78 Å². The molecule has 0 saturated heterocycles. The van der Waals surface area contributed by atoms with Gasteiger partial charge in [-0.1, -0.05) is 36.2 Å². The number of rotatable bonds is 8. The molecule has 4 rings (SSSR count). The topological polar surface area (TPSA) is 82.5 Å². The summed E-state index contributed by atoms with van der Waals surface area (Å²) in [5.41, 5.74) is 1.67. The number of carbonyl (C=O) groups is 2. The lowest BCUT2D eigenvalue weighted by molar-refractivity contribution is 0.0505. The van der Waals surface area contributed by atoms with Crippen molar-refractivity contribution in [2.75, 3.05) is 11.9 Å². The Labute approximate surface area is 205 Å². The maximum Gasteiger partial charge on any atom is 0.341 e. The van der Waals surface area contributed by atoms with E-state index in [1.165, 1.54) is 16.0 Å². The summed E-state index contributed by atoms with van der Waals surface area (Å²) in [6.45, 7) is 2.31. The van der Waals surface area contributed by atoms with Crippen molar-refractivity contribution in [1.29, 1.82) is 0 Å². The normalized spacial score (nSPS) is 12.8. The zero-order chi connectivity index (χ0) is 23.4. The summed E-state index contributed by atoms with van der Waals surface area (Å²) in [5, 5.41) is 8.42. The number of aryl methyl sites for hydroxylation is 1. The Morgan fingerprint density at radius 1 is 1.18 bits per heavy atom. The van der Waals surface area contributed by atoms with Crippen LogP contribution in [0.4, 0.5) is 5.00 Å². The van der Waals surface area contributed by atoms with Crippen LogP contribution in [0.3, 0.4) is 0 Å². The van der Waals surface area contributed by atoms with Gasteiger partial charge in [0.25, 0.3) is 5.91 Å². The number of benzene rings is 1. The molecule has 3 aromatic rings. The molecule has 1 aliphatic carbocycles. The molecule has 1 aromatic carbocycles. The third-order valence-corrected chi connectivity index (χ3v) is 6.98. The van der Waals surface area contributed by atoms with Crippen LogP contribution in [0.2, 0.25) is 10.0 Å². The molecule has 0 bridgehead atoms. The van der Waals surface area contributed by atoms with Crippen LogP contribution in [0.5, 0.6) is 5.75 Å². The summed E-state index contributed by atoms with van der Waals surface area (Å²) in [6.07, 6.45) is 6.17. The number of carbonyl (C=O) groups excluding carboxylic acids is 2. The predicted octanol–water partition coefficient (Wildman–Crippen LogP) is 5.99. The molecule has 0 atom stereocenters. The summed E-state index contributed by atoms with van der Waals surface area (Å²) < 4.78 is 12.5. The van der Waals surface area contributed by atoms with Crippen molar-refractivity contribution >= 4 is 51.4 Å². The van der Waals surface area contributed by atoms with E-state index in [1.807, 2.05) is 6.92 Å². The average Bonchev–Trinajstić information content (AvgIpc) is 3.41. The van der Waals surface area contributed by atoms with Gasteiger partial charge in [0, 0.05) is 11.1 Å². The van der Waals surface area contributed by atoms with Crippen molar-refractivity contribution in [3.63, 3.8) is 0 Å². The number of esters is 1. The Morgan fingerprint density at radius 3 is 2.70 bits per heavy atom. The molecule has 2 heterocycles. The number of aromatic nitrogens is 2. The number of thiophene rings is 1. The second-order valence-electron chi connectivity index (χ2n) is 7.57. The van der Waals surface area contributed by atoms with Crippen LogP contribution in [0.1, 0.15) is 57.5 Å². The van der Waals surface area contributed by atoms with Crippen LogP contribution < -0.4 is 10.1 Å². The van der Waals surface area contributed by atoms with Gasteiger partial charge in [-0.15, -0.1) is 11.3 Å². The van der Waals surface area contributed by atoms with Crippen molar-refractivity contribution in [3.05, 3.63) is 62.2 Å². The molecular weight excluding hydrogens is 485 g/mol. The van der Waals surface area contributed by atoms with E-state index in [0.717, 1.165) is 42.5 Å². The number of para-hydroxylation sites is 1. The van der Waals surface area contributed by atoms with Crippen LogP contribution >= 0.6 is 34.5 Å². The van der Waals surface area contributed by atoms with E-state index in [9.17, 15) is 9.59 Å². The number of hydrogen-bond acceptors (Lipinski definition) is 6. The third-order valence-electron chi connectivity index (χ3n) is 5.17. The van der Waals surface area contributed by atoms with Crippen LogP contribution in [0, 0.1) is 0 Å². The first-order valence-electron chi connectivity index (χ1n) is 10.7. The van der Waals surface area contributed by atoms with E-state index >= 15 is 0 Å². The van der Waals surface area contributed by atoms with Crippen LogP contribution in [0.25, 0.3) is 0 Å². The van der Waals surface area contributed by atoms with Gasteiger partial charge < -0.3 is 14.8 Å². The second kappa shape index (κ2) is 10.6. The summed E-state index contributed by atoms with van der Waals surface area (Å²) in [5.74, 6) is -0.448. The molecule has 33 heavy (non-hydrogen) atoms. The van der Waals surface area contributed by atoms with Gasteiger partial charge in [0.1, 0.15) is 5.00 Å². The minimum Gasteiger partial charge on any atom is -0.468 e. The standard InChI is InChI=1S/C23H23Cl2N3O4S/c1-2-12-31-23(30)19-14-6-3-4-9-18(14)33-22(19)26-21(29)17-10-11-28(27-17)13-32-20-15(24)7-5-8-16(20)25/h5,7-8,10-11H,2-4,6,9,12-13H2,1H3,(H,26,29). The molecule has 0 fully saturated rings. The first-order chi connectivity index (χ1) is 16.0. The Bertz CT molecular complexity index is 1150. The fourth-order valence-corrected chi connectivity index (χ4v) is 5.39. The lowest BCUT2D eigenvalue weighted by atomic mass is 9.95. The molecule has 1 aliphatic rings. The van der Waals surface area contributed by atoms with E-state index in [0.29, 0.717) is 33.0 Å². The smallest absolute Gasteiger partial charge is 0.341 e. The van der Waals surface area contributed by atoms with Gasteiger partial charge in [-0.2, -0.15) is 5.10 Å². The lowest BCUT2D eigenvalue weighted by Crippen LogP contribution is -2.17. The molecule has 174 valence electrons. The highest BCUT2D eigenvalue weighted by atomic mass is 35.5. The Kier molecular flexibility index (Phi) is 7.57. The first-order valence-corrected chi connectivity index (χ1v) is 12.3. The first kappa shape index (κ1) is 23.6. The highest BCUT2D eigenvalue weighted by Crippen LogP contribution is 2.39. The molecule has 2 aromatic heterocycles. The van der Waals surface area contributed by atoms with E-state index < -0.39 is 5.91 Å². The van der Waals surface area contributed by atoms with E-state index in [-0.39, 0.29) is 18.4 Å². The monoisotopic (exact) mass is 507 g/mol. The van der Waals surface area contributed by atoms with Crippen molar-refractivity contribution in [2.45, 2.75) is 45.8 Å². The van der Waals surface area contributed by atoms with Gasteiger partial charge in [-0.25, -0.2) is 9.48 Å². The van der Waals surface area contributed by atoms with E-state index in [4.69, 9.17) is 32.7 Å². The highest BCUT2D eigenvalue weighted by Gasteiger charge is 2.28. The van der Waals surface area contributed by atoms with Gasteiger partial charge in [0.2, 0.25) is 0 Å². The summed E-state index contributed by atoms with van der Waals surface area (Å²) in [7, 11) is 0. The minimum atomic E-state index is -0.410. The van der Waals surface area contributed by atoms with Crippen molar-refractivity contribution in [2.24, 2.45) is 0 Å². The molecule has 0 aliphatic heterocycles. The Balaban J connectivity index is 1.48. The van der Waals surface area contributed by atoms with Gasteiger partial charge in [-0.05, 0) is 55.9 Å². The molecule has 7 nitrogen and oxygen atoms in total. The average molecular weight is 508 g/mol. The maximum absolute atomic E-state index is 12.9. The SMILES string of the molecule is CCCOC(=O)c1c(NC(=O)c2ccn(COc3c(Cl)cccc3Cl)n2)sc2c1CCCC2. The number of fused-ring (bicyclic) bond motifs is 1. The number of anilines is 1. The number of hydrogen-bond donors (Lipinski definition) is 1. The largest absolute Gasteiger partial charge is 0.468 e. The number of ether oxygens (including phenoxy) is 2. The van der Waals surface area contributed by atoms with Gasteiger partial charge in [-0.3, -0.25) is 4.79 Å². The predicted molar refractivity (Wildman–Crippen MR) is 129 cm³/mol. The summed E-state index contributed by atoms with van der Waals surface area (Å²) in [6, 6.07) is 6.65. The number of halogens is 2. The van der Waals surface area contributed by atoms with Crippen molar-refractivity contribution in [3.8, 4) is 5.75 Å². The summed E-state index contributed by atoms with van der Waals surface area (Å²) >= 11 is 13.7. The quantitative estimate of drug-likeness (QED) is 0.378. The molecule has 1 N–H and O–H groups in total. The summed E-state index contributed by atoms with van der Waals surface area (Å²) in [4.78, 5) is 26.8. The van der Waals surface area contributed by atoms with Gasteiger partial charge >= 0.3 is 5.97 Å². The number of nitrogens with one attached hydrogen (secondary N) is 1.